The van der Waals surface area contributed by atoms with E-state index >= 15 is 0 Å². The third-order valence-corrected chi connectivity index (χ3v) is 6.20. The molecule has 1 unspecified atom stereocenters. The van der Waals surface area contributed by atoms with Crippen molar-refractivity contribution in [2.75, 3.05) is 12.9 Å². The Labute approximate surface area is 146 Å². The van der Waals surface area contributed by atoms with E-state index in [0.29, 0.717) is 21.6 Å². The van der Waals surface area contributed by atoms with Crippen LogP contribution >= 0.6 is 23.5 Å². The molecule has 1 aromatic rings. The van der Waals surface area contributed by atoms with E-state index in [4.69, 9.17) is 4.74 Å². The number of carbonyl (C=O) groups is 2. The number of ether oxygens (including phenoxy) is 1. The number of β-lactam (4-membered cyclic amide) rings is 1. The van der Waals surface area contributed by atoms with Gasteiger partial charge in [0.15, 0.2) is 0 Å². The Balaban J connectivity index is 1.77. The summed E-state index contributed by atoms with van der Waals surface area (Å²) in [7, 11) is 1.49. The van der Waals surface area contributed by atoms with Gasteiger partial charge in [0.05, 0.1) is 31.5 Å². The van der Waals surface area contributed by atoms with Crippen molar-refractivity contribution in [2.24, 2.45) is 5.92 Å². The summed E-state index contributed by atoms with van der Waals surface area (Å²) < 4.78 is 5.01. The number of carboxylic acids is 1. The number of aromatic nitrogens is 2. The Morgan fingerprint density at radius 2 is 2.29 bits per heavy atom. The molecular formula is C14H15N3O5S2. The minimum absolute atomic E-state index is 0.00439. The number of aliphatic carboxylic acids is 1. The van der Waals surface area contributed by atoms with Crippen LogP contribution in [0.5, 0.6) is 5.88 Å². The van der Waals surface area contributed by atoms with Crippen LogP contribution in [0.1, 0.15) is 6.92 Å². The Hall–Kier alpha value is -1.78. The number of carboxylic acid groups (broad SMARTS) is 1. The van der Waals surface area contributed by atoms with Crippen LogP contribution in [0.3, 0.4) is 0 Å². The molecule has 1 amide bonds. The van der Waals surface area contributed by atoms with Gasteiger partial charge in [-0.2, -0.15) is 0 Å². The Kier molecular flexibility index (Phi) is 4.70. The van der Waals surface area contributed by atoms with Crippen LogP contribution in [0.25, 0.3) is 0 Å². The summed E-state index contributed by atoms with van der Waals surface area (Å²) in [6, 6.07) is 0. The summed E-state index contributed by atoms with van der Waals surface area (Å²) in [6.07, 6.45) is 2.23. The maximum Gasteiger partial charge on any atom is 0.353 e. The van der Waals surface area contributed by atoms with Crippen LogP contribution < -0.4 is 4.74 Å². The summed E-state index contributed by atoms with van der Waals surface area (Å²) in [5, 5.41) is 19.4. The van der Waals surface area contributed by atoms with E-state index in [-0.39, 0.29) is 17.0 Å². The van der Waals surface area contributed by atoms with E-state index < -0.39 is 18.0 Å². The van der Waals surface area contributed by atoms with Crippen LogP contribution in [0, 0.1) is 5.92 Å². The van der Waals surface area contributed by atoms with Gasteiger partial charge in [-0.3, -0.25) is 14.7 Å². The summed E-state index contributed by atoms with van der Waals surface area (Å²) in [5.74, 6) is -1.33. The van der Waals surface area contributed by atoms with Gasteiger partial charge in [0.25, 0.3) is 0 Å². The molecule has 0 aromatic carbocycles. The second kappa shape index (κ2) is 6.61. The molecular weight excluding hydrogens is 354 g/mol. The number of aliphatic hydroxyl groups excluding tert-OH is 1. The first-order valence-electron chi connectivity index (χ1n) is 7.07. The number of hydrogen-bond donors (Lipinski definition) is 2. The molecule has 1 aromatic heterocycles. The van der Waals surface area contributed by atoms with Crippen LogP contribution in [-0.4, -0.2) is 61.3 Å². The normalized spacial score (nSPS) is 23.8. The van der Waals surface area contributed by atoms with Gasteiger partial charge in [0.1, 0.15) is 16.1 Å². The zero-order chi connectivity index (χ0) is 17.4. The highest BCUT2D eigenvalue weighted by molar-refractivity contribution is 8.06. The molecule has 3 rings (SSSR count). The molecule has 0 bridgehead atoms. The SMILES string of the molecule is COc1cncc(SCC2=C(C(=O)O)N3C(=O)[C@H](C(C)O)[C@H]3S2)n1. The predicted molar refractivity (Wildman–Crippen MR) is 87.4 cm³/mol. The smallest absolute Gasteiger partial charge is 0.353 e. The van der Waals surface area contributed by atoms with Crippen molar-refractivity contribution in [2.45, 2.75) is 23.4 Å². The summed E-state index contributed by atoms with van der Waals surface area (Å²) >= 11 is 2.62. The number of rotatable bonds is 6. The Morgan fingerprint density at radius 3 is 2.92 bits per heavy atom. The summed E-state index contributed by atoms with van der Waals surface area (Å²) in [5.41, 5.74) is -0.00439. The zero-order valence-electron chi connectivity index (χ0n) is 12.9. The fourth-order valence-corrected chi connectivity index (χ4v) is 5.14. The monoisotopic (exact) mass is 369 g/mol. The predicted octanol–water partition coefficient (Wildman–Crippen LogP) is 0.786. The average molecular weight is 369 g/mol. The van der Waals surface area contributed by atoms with Crippen LogP contribution in [0.2, 0.25) is 0 Å². The maximum absolute atomic E-state index is 12.1. The van der Waals surface area contributed by atoms with Gasteiger partial charge < -0.3 is 14.9 Å². The lowest BCUT2D eigenvalue weighted by Crippen LogP contribution is -2.60. The van der Waals surface area contributed by atoms with Crippen molar-refractivity contribution < 1.29 is 24.5 Å². The number of hydrogen-bond acceptors (Lipinski definition) is 8. The topological polar surface area (TPSA) is 113 Å². The molecule has 1 saturated heterocycles. The molecule has 128 valence electrons. The minimum Gasteiger partial charge on any atom is -0.480 e. The van der Waals surface area contributed by atoms with Crippen LogP contribution in [-0.2, 0) is 9.59 Å². The molecule has 1 fully saturated rings. The summed E-state index contributed by atoms with van der Waals surface area (Å²) in [4.78, 5) is 33.7. The first-order chi connectivity index (χ1) is 11.4. The van der Waals surface area contributed by atoms with Crippen molar-refractivity contribution in [3.8, 4) is 5.88 Å². The van der Waals surface area contributed by atoms with Gasteiger partial charge in [0.2, 0.25) is 11.8 Å². The fourth-order valence-electron chi connectivity index (χ4n) is 2.59. The molecule has 0 spiro atoms. The van der Waals surface area contributed by atoms with Crippen molar-refractivity contribution in [3.63, 3.8) is 0 Å². The lowest BCUT2D eigenvalue weighted by atomic mass is 9.92. The lowest BCUT2D eigenvalue weighted by molar-refractivity contribution is -0.156. The molecule has 24 heavy (non-hydrogen) atoms. The van der Waals surface area contributed by atoms with E-state index in [1.807, 2.05) is 0 Å². The highest BCUT2D eigenvalue weighted by Gasteiger charge is 2.57. The largest absolute Gasteiger partial charge is 0.480 e. The Bertz CT molecular complexity index is 724. The molecule has 2 aliphatic heterocycles. The number of fused-ring (bicyclic) bond motifs is 1. The van der Waals surface area contributed by atoms with Gasteiger partial charge in [-0.25, -0.2) is 9.78 Å². The van der Waals surface area contributed by atoms with Crippen LogP contribution in [0.4, 0.5) is 0 Å². The maximum atomic E-state index is 12.1. The van der Waals surface area contributed by atoms with E-state index in [1.165, 1.54) is 41.7 Å². The van der Waals surface area contributed by atoms with E-state index in [9.17, 15) is 19.8 Å². The van der Waals surface area contributed by atoms with Gasteiger partial charge in [-0.15, -0.1) is 11.8 Å². The highest BCUT2D eigenvalue weighted by atomic mass is 32.2. The lowest BCUT2D eigenvalue weighted by Gasteiger charge is -2.43. The molecule has 0 saturated carbocycles. The van der Waals surface area contributed by atoms with Crippen LogP contribution in [0.15, 0.2) is 28.0 Å². The molecule has 3 atom stereocenters. The number of methoxy groups -OCH3 is 1. The second-order valence-corrected chi connectivity index (χ2v) is 7.46. The number of aliphatic hydroxyl groups is 1. The standard InChI is InChI=1S/C14H15N3O5S2/c1-6(18)10-12(19)17-11(14(20)21)7(24-13(10)17)5-23-9-4-15-3-8(16-9)22-2/h3-4,6,10,13,18H,5H2,1-2H3,(H,20,21)/t6?,10-,13+/m0/s1. The molecule has 0 aliphatic carbocycles. The second-order valence-electron chi connectivity index (χ2n) is 5.25. The van der Waals surface area contributed by atoms with Crippen molar-refractivity contribution >= 4 is 35.4 Å². The average Bonchev–Trinajstić information content (AvgIpc) is 2.87. The summed E-state index contributed by atoms with van der Waals surface area (Å²) in [6.45, 7) is 1.54. The van der Waals surface area contributed by atoms with Crippen molar-refractivity contribution in [1.29, 1.82) is 0 Å². The van der Waals surface area contributed by atoms with Gasteiger partial charge >= 0.3 is 5.97 Å². The van der Waals surface area contributed by atoms with Crippen molar-refractivity contribution in [3.05, 3.63) is 23.0 Å². The number of amides is 1. The van der Waals surface area contributed by atoms with Crippen molar-refractivity contribution in [1.82, 2.24) is 14.9 Å². The molecule has 2 aliphatic rings. The third kappa shape index (κ3) is 2.85. The number of nitrogens with zero attached hydrogens (tertiary/aromatic N) is 3. The number of thioether (sulfide) groups is 2. The van der Waals surface area contributed by atoms with Gasteiger partial charge in [0, 0.05) is 10.7 Å². The minimum atomic E-state index is -1.14. The van der Waals surface area contributed by atoms with E-state index in [0.717, 1.165) is 0 Å². The third-order valence-electron chi connectivity index (χ3n) is 3.73. The first kappa shape index (κ1) is 17.1. The first-order valence-corrected chi connectivity index (χ1v) is 8.93. The quantitative estimate of drug-likeness (QED) is 0.555. The Morgan fingerprint density at radius 1 is 1.54 bits per heavy atom. The van der Waals surface area contributed by atoms with E-state index in [1.54, 1.807) is 13.1 Å². The van der Waals surface area contributed by atoms with Gasteiger partial charge in [-0.05, 0) is 6.92 Å². The molecule has 10 heteroatoms. The van der Waals surface area contributed by atoms with E-state index in [2.05, 4.69) is 9.97 Å². The van der Waals surface area contributed by atoms with Gasteiger partial charge in [-0.1, -0.05) is 11.8 Å². The zero-order valence-corrected chi connectivity index (χ0v) is 14.5. The molecule has 2 N–H and O–H groups in total. The molecule has 0 radical (unpaired) electrons. The number of carbonyl (C=O) groups excluding carboxylic acids is 1. The fraction of sp³-hybridized carbons (Fsp3) is 0.429. The highest BCUT2D eigenvalue weighted by Crippen LogP contribution is 2.51. The molecule has 8 nitrogen and oxygen atoms in total. The molecule has 3 heterocycles.